The number of piperazine rings is 1. The number of halogens is 1. The van der Waals surface area contributed by atoms with Gasteiger partial charge in [-0.1, -0.05) is 30.7 Å². The molecule has 5 rings (SSSR count). The van der Waals surface area contributed by atoms with Gasteiger partial charge in [-0.25, -0.2) is 0 Å². The summed E-state index contributed by atoms with van der Waals surface area (Å²) in [6, 6.07) is 13.9. The molecule has 7 nitrogen and oxygen atoms in total. The van der Waals surface area contributed by atoms with Crippen LogP contribution in [-0.2, 0) is 16.1 Å². The van der Waals surface area contributed by atoms with E-state index in [-0.39, 0.29) is 17.7 Å². The first-order valence-corrected chi connectivity index (χ1v) is 12.9. The number of hydrogen-bond donors (Lipinski definition) is 1. The van der Waals surface area contributed by atoms with Crippen LogP contribution in [0.5, 0.6) is 0 Å². The highest BCUT2D eigenvalue weighted by molar-refractivity contribution is 6.30. The van der Waals surface area contributed by atoms with Crippen LogP contribution in [0, 0.1) is 5.92 Å². The topological polar surface area (TPSA) is 68.2 Å². The predicted octanol–water partition coefficient (Wildman–Crippen LogP) is 3.66. The van der Waals surface area contributed by atoms with Crippen molar-refractivity contribution in [1.29, 1.82) is 0 Å². The Morgan fingerprint density at radius 2 is 1.91 bits per heavy atom. The molecule has 1 unspecified atom stereocenters. The van der Waals surface area contributed by atoms with Crippen LogP contribution in [0.25, 0.3) is 0 Å². The Labute approximate surface area is 211 Å². The molecular weight excluding hydrogens is 462 g/mol. The number of benzene rings is 2. The van der Waals surface area contributed by atoms with E-state index in [4.69, 9.17) is 11.6 Å². The van der Waals surface area contributed by atoms with Crippen LogP contribution in [0.1, 0.15) is 30.9 Å². The molecule has 0 bridgehead atoms. The van der Waals surface area contributed by atoms with E-state index in [2.05, 4.69) is 39.2 Å². The standard InChI is InChI=1S/C27H32ClN5O2/c1-2-25-24-15-22(7-6-19(24)16-29-25)30-27(35)20-8-9-31(17-20)18-26(34)33-12-10-32(11-13-33)23-5-3-4-21(28)14-23/h3-7,14-15,20H,2,8-13,16-18H2,1H3,(H,30,35). The average molecular weight is 494 g/mol. The summed E-state index contributed by atoms with van der Waals surface area (Å²) < 4.78 is 0. The van der Waals surface area contributed by atoms with Gasteiger partial charge in [0.15, 0.2) is 0 Å². The van der Waals surface area contributed by atoms with E-state index in [9.17, 15) is 9.59 Å². The zero-order chi connectivity index (χ0) is 24.4. The lowest BCUT2D eigenvalue weighted by molar-refractivity contribution is -0.132. The number of nitrogens with zero attached hydrogens (tertiary/aromatic N) is 4. The van der Waals surface area contributed by atoms with Gasteiger partial charge in [0.05, 0.1) is 19.0 Å². The summed E-state index contributed by atoms with van der Waals surface area (Å²) >= 11 is 6.12. The fourth-order valence-electron chi connectivity index (χ4n) is 5.24. The lowest BCUT2D eigenvalue weighted by Crippen LogP contribution is -2.51. The summed E-state index contributed by atoms with van der Waals surface area (Å²) in [6.07, 6.45) is 1.67. The second kappa shape index (κ2) is 10.4. The quantitative estimate of drug-likeness (QED) is 0.666. The van der Waals surface area contributed by atoms with Crippen molar-refractivity contribution in [3.05, 3.63) is 58.6 Å². The lowest BCUT2D eigenvalue weighted by atomic mass is 10.0. The van der Waals surface area contributed by atoms with Gasteiger partial charge in [0, 0.05) is 60.4 Å². The summed E-state index contributed by atoms with van der Waals surface area (Å²) in [5.74, 6) is 0.0693. The summed E-state index contributed by atoms with van der Waals surface area (Å²) in [6.45, 7) is 7.58. The second-order valence-electron chi connectivity index (χ2n) is 9.55. The highest BCUT2D eigenvalue weighted by Gasteiger charge is 2.31. The van der Waals surface area contributed by atoms with Crippen LogP contribution in [-0.4, -0.2) is 73.1 Å². The van der Waals surface area contributed by atoms with Gasteiger partial charge in [-0.3, -0.25) is 19.5 Å². The number of fused-ring (bicyclic) bond motifs is 1. The van der Waals surface area contributed by atoms with Crippen molar-refractivity contribution in [1.82, 2.24) is 9.80 Å². The number of aliphatic imine (C=N–C) groups is 1. The van der Waals surface area contributed by atoms with Crippen molar-refractivity contribution in [2.75, 3.05) is 56.0 Å². The first kappa shape index (κ1) is 23.8. The van der Waals surface area contributed by atoms with E-state index < -0.39 is 0 Å². The van der Waals surface area contributed by atoms with Crippen molar-refractivity contribution < 1.29 is 9.59 Å². The average Bonchev–Trinajstić information content (AvgIpc) is 3.51. The largest absolute Gasteiger partial charge is 0.368 e. The molecule has 184 valence electrons. The van der Waals surface area contributed by atoms with E-state index >= 15 is 0 Å². The van der Waals surface area contributed by atoms with Gasteiger partial charge in [-0.05, 0) is 55.3 Å². The highest BCUT2D eigenvalue weighted by atomic mass is 35.5. The van der Waals surface area contributed by atoms with Crippen LogP contribution in [0.15, 0.2) is 47.5 Å². The molecule has 3 aliphatic heterocycles. The zero-order valence-electron chi connectivity index (χ0n) is 20.2. The molecule has 2 amide bonds. The Hall–Kier alpha value is -2.90. The number of carbonyl (C=O) groups excluding carboxylic acids is 2. The lowest BCUT2D eigenvalue weighted by Gasteiger charge is -2.36. The molecule has 3 heterocycles. The second-order valence-corrected chi connectivity index (χ2v) is 9.98. The summed E-state index contributed by atoms with van der Waals surface area (Å²) in [4.78, 5) is 36.7. The van der Waals surface area contributed by atoms with Crippen LogP contribution >= 0.6 is 11.6 Å². The molecule has 2 saturated heterocycles. The third kappa shape index (κ3) is 5.36. The van der Waals surface area contributed by atoms with Gasteiger partial charge in [0.2, 0.25) is 11.8 Å². The first-order chi connectivity index (χ1) is 17.0. The first-order valence-electron chi connectivity index (χ1n) is 12.5. The molecule has 0 aliphatic carbocycles. The fraction of sp³-hybridized carbons (Fsp3) is 0.444. The number of hydrogen-bond acceptors (Lipinski definition) is 5. The maximum absolute atomic E-state index is 12.9. The third-order valence-electron chi connectivity index (χ3n) is 7.27. The molecule has 0 radical (unpaired) electrons. The molecule has 2 fully saturated rings. The normalized spacial score (nSPS) is 20.1. The van der Waals surface area contributed by atoms with E-state index in [0.29, 0.717) is 26.2 Å². The minimum atomic E-state index is -0.102. The van der Waals surface area contributed by atoms with Gasteiger partial charge in [0.25, 0.3) is 0 Å². The Balaban J connectivity index is 1.09. The molecule has 3 aliphatic rings. The van der Waals surface area contributed by atoms with Crippen molar-refractivity contribution in [3.8, 4) is 0 Å². The third-order valence-corrected chi connectivity index (χ3v) is 7.51. The van der Waals surface area contributed by atoms with Gasteiger partial charge in [-0.15, -0.1) is 0 Å². The molecule has 35 heavy (non-hydrogen) atoms. The number of nitrogens with one attached hydrogen (secondary N) is 1. The van der Waals surface area contributed by atoms with Crippen LogP contribution in [0.3, 0.4) is 0 Å². The molecule has 1 N–H and O–H groups in total. The Morgan fingerprint density at radius 1 is 1.09 bits per heavy atom. The fourth-order valence-corrected chi connectivity index (χ4v) is 5.43. The molecular formula is C27H32ClN5O2. The Kier molecular flexibility index (Phi) is 7.07. The minimum Gasteiger partial charge on any atom is -0.368 e. The Morgan fingerprint density at radius 3 is 2.69 bits per heavy atom. The number of amides is 2. The molecule has 8 heteroatoms. The van der Waals surface area contributed by atoms with E-state index in [1.807, 2.05) is 35.2 Å². The van der Waals surface area contributed by atoms with E-state index in [0.717, 1.165) is 66.7 Å². The van der Waals surface area contributed by atoms with Gasteiger partial charge >= 0.3 is 0 Å². The van der Waals surface area contributed by atoms with Crippen LogP contribution in [0.2, 0.25) is 5.02 Å². The van der Waals surface area contributed by atoms with E-state index in [1.165, 1.54) is 5.56 Å². The van der Waals surface area contributed by atoms with Gasteiger partial charge in [-0.2, -0.15) is 0 Å². The van der Waals surface area contributed by atoms with Gasteiger partial charge in [0.1, 0.15) is 0 Å². The number of rotatable bonds is 6. The van der Waals surface area contributed by atoms with Crippen LogP contribution < -0.4 is 10.2 Å². The maximum atomic E-state index is 12.9. The van der Waals surface area contributed by atoms with Gasteiger partial charge < -0.3 is 15.1 Å². The summed E-state index contributed by atoms with van der Waals surface area (Å²) in [7, 11) is 0. The number of likely N-dealkylation sites (tertiary alicyclic amines) is 1. The highest BCUT2D eigenvalue weighted by Crippen LogP contribution is 2.26. The Bertz CT molecular complexity index is 1140. The summed E-state index contributed by atoms with van der Waals surface area (Å²) in [5, 5.41) is 3.82. The molecule has 1 atom stereocenters. The van der Waals surface area contributed by atoms with Crippen LogP contribution in [0.4, 0.5) is 11.4 Å². The summed E-state index contributed by atoms with van der Waals surface area (Å²) in [5.41, 5.74) is 5.40. The number of carbonyl (C=O) groups is 2. The monoisotopic (exact) mass is 493 g/mol. The smallest absolute Gasteiger partial charge is 0.236 e. The van der Waals surface area contributed by atoms with E-state index in [1.54, 1.807) is 0 Å². The molecule has 0 saturated carbocycles. The zero-order valence-corrected chi connectivity index (χ0v) is 20.9. The molecule has 2 aromatic carbocycles. The minimum absolute atomic E-state index is 0.0306. The number of anilines is 2. The SMILES string of the molecule is CCC1=NCc2ccc(NC(=O)C3CCN(CC(=O)N4CCN(c5cccc(Cl)c5)CC4)C3)cc21. The maximum Gasteiger partial charge on any atom is 0.236 e. The molecule has 0 spiro atoms. The van der Waals surface area contributed by atoms with Crippen molar-refractivity contribution in [2.24, 2.45) is 10.9 Å². The van der Waals surface area contributed by atoms with Crippen molar-refractivity contribution >= 4 is 40.5 Å². The molecule has 0 aromatic heterocycles. The van der Waals surface area contributed by atoms with Crippen molar-refractivity contribution in [2.45, 2.75) is 26.3 Å². The van der Waals surface area contributed by atoms with Crippen molar-refractivity contribution in [3.63, 3.8) is 0 Å². The molecule has 2 aromatic rings. The predicted molar refractivity (Wildman–Crippen MR) is 140 cm³/mol.